The van der Waals surface area contributed by atoms with Gasteiger partial charge in [-0.1, -0.05) is 24.3 Å². The summed E-state index contributed by atoms with van der Waals surface area (Å²) >= 11 is 0. The molecule has 0 radical (unpaired) electrons. The first-order chi connectivity index (χ1) is 7.99. The van der Waals surface area contributed by atoms with Gasteiger partial charge >= 0.3 is 6.09 Å². The number of fused-ring (bicyclic) bond motifs is 3. The third kappa shape index (κ3) is 1.08. The molecule has 3 rings (SSSR count). The first-order valence-electron chi connectivity index (χ1n) is 5.85. The summed E-state index contributed by atoms with van der Waals surface area (Å²) in [7, 11) is 0. The van der Waals surface area contributed by atoms with E-state index in [0.29, 0.717) is 0 Å². The standard InChI is InChI=1S/C13H16N2O2/c1-12-8-7-9-5-3-4-6-10(9)13(12,2)15(14)11(16)17-12/h3-6H,7-8,14H2,1-2H3/t12-,13-/m0/s1. The predicted octanol–water partition coefficient (Wildman–Crippen LogP) is 1.93. The van der Waals surface area contributed by atoms with Crippen LogP contribution in [0.5, 0.6) is 0 Å². The van der Waals surface area contributed by atoms with Crippen LogP contribution >= 0.6 is 0 Å². The van der Waals surface area contributed by atoms with Crippen molar-refractivity contribution in [3.63, 3.8) is 0 Å². The van der Waals surface area contributed by atoms with Gasteiger partial charge in [-0.25, -0.2) is 15.6 Å². The van der Waals surface area contributed by atoms with Crippen LogP contribution in [-0.2, 0) is 16.7 Å². The topological polar surface area (TPSA) is 55.6 Å². The summed E-state index contributed by atoms with van der Waals surface area (Å²) in [6, 6.07) is 8.13. The average Bonchev–Trinajstić information content (AvgIpc) is 2.50. The fourth-order valence-electron chi connectivity index (χ4n) is 3.07. The van der Waals surface area contributed by atoms with Crippen molar-refractivity contribution in [3.8, 4) is 0 Å². The molecular weight excluding hydrogens is 216 g/mol. The molecule has 2 N–H and O–H groups in total. The van der Waals surface area contributed by atoms with Crippen molar-refractivity contribution in [2.24, 2.45) is 5.84 Å². The lowest BCUT2D eigenvalue weighted by molar-refractivity contribution is -0.00976. The van der Waals surface area contributed by atoms with Crippen molar-refractivity contribution in [2.75, 3.05) is 0 Å². The molecule has 2 aliphatic rings. The number of nitrogens with zero attached hydrogens (tertiary/aromatic N) is 1. The van der Waals surface area contributed by atoms with Gasteiger partial charge in [0.1, 0.15) is 11.1 Å². The molecule has 1 saturated heterocycles. The van der Waals surface area contributed by atoms with Gasteiger partial charge in [0, 0.05) is 0 Å². The van der Waals surface area contributed by atoms with E-state index in [1.54, 1.807) is 0 Å². The molecule has 4 nitrogen and oxygen atoms in total. The van der Waals surface area contributed by atoms with Crippen LogP contribution in [0, 0.1) is 0 Å². The number of carbonyl (C=O) groups excluding carboxylic acids is 1. The molecule has 1 aromatic carbocycles. The van der Waals surface area contributed by atoms with E-state index in [0.717, 1.165) is 18.4 Å². The van der Waals surface area contributed by atoms with Crippen LogP contribution in [0.4, 0.5) is 4.79 Å². The fraction of sp³-hybridized carbons (Fsp3) is 0.462. The minimum Gasteiger partial charge on any atom is -0.439 e. The summed E-state index contributed by atoms with van der Waals surface area (Å²) in [5.41, 5.74) is 1.25. The maximum atomic E-state index is 11.7. The minimum atomic E-state index is -0.571. The molecule has 1 heterocycles. The molecule has 1 aliphatic heterocycles. The first-order valence-corrected chi connectivity index (χ1v) is 5.85. The molecule has 1 aliphatic carbocycles. The van der Waals surface area contributed by atoms with Crippen LogP contribution in [0.2, 0.25) is 0 Å². The molecule has 0 saturated carbocycles. The number of aryl methyl sites for hydroxylation is 1. The molecule has 1 fully saturated rings. The number of hydrazine groups is 1. The Balaban J connectivity index is 2.25. The van der Waals surface area contributed by atoms with Crippen LogP contribution in [0.15, 0.2) is 24.3 Å². The van der Waals surface area contributed by atoms with Gasteiger partial charge in [0.15, 0.2) is 0 Å². The predicted molar refractivity (Wildman–Crippen MR) is 63.0 cm³/mol. The highest BCUT2D eigenvalue weighted by Crippen LogP contribution is 2.51. The van der Waals surface area contributed by atoms with Crippen molar-refractivity contribution < 1.29 is 9.53 Å². The van der Waals surface area contributed by atoms with E-state index >= 15 is 0 Å². The van der Waals surface area contributed by atoms with Gasteiger partial charge in [0.05, 0.1) is 0 Å². The van der Waals surface area contributed by atoms with E-state index in [2.05, 4.69) is 6.07 Å². The Morgan fingerprint density at radius 2 is 2.06 bits per heavy atom. The second-order valence-electron chi connectivity index (χ2n) is 5.20. The Bertz CT molecular complexity index is 502. The maximum Gasteiger partial charge on any atom is 0.425 e. The molecule has 2 atom stereocenters. The molecule has 0 unspecified atom stereocenters. The van der Waals surface area contributed by atoms with Crippen molar-refractivity contribution in [1.82, 2.24) is 5.01 Å². The van der Waals surface area contributed by atoms with Crippen molar-refractivity contribution in [3.05, 3.63) is 35.4 Å². The van der Waals surface area contributed by atoms with Gasteiger partial charge in [-0.15, -0.1) is 0 Å². The van der Waals surface area contributed by atoms with E-state index in [-0.39, 0.29) is 0 Å². The summed E-state index contributed by atoms with van der Waals surface area (Å²) in [6.07, 6.45) is 1.29. The van der Waals surface area contributed by atoms with E-state index < -0.39 is 17.2 Å². The number of hydrogen-bond donors (Lipinski definition) is 1. The van der Waals surface area contributed by atoms with E-state index in [9.17, 15) is 4.79 Å². The monoisotopic (exact) mass is 232 g/mol. The largest absolute Gasteiger partial charge is 0.439 e. The molecule has 1 aromatic rings. The minimum absolute atomic E-state index is 0.438. The van der Waals surface area contributed by atoms with E-state index in [1.807, 2.05) is 32.0 Å². The summed E-state index contributed by atoms with van der Waals surface area (Å²) in [4.78, 5) is 11.7. The van der Waals surface area contributed by atoms with Crippen LogP contribution < -0.4 is 5.84 Å². The van der Waals surface area contributed by atoms with E-state index in [4.69, 9.17) is 10.6 Å². The lowest BCUT2D eigenvalue weighted by atomic mass is 9.68. The van der Waals surface area contributed by atoms with Crippen molar-refractivity contribution >= 4 is 6.09 Å². The lowest BCUT2D eigenvalue weighted by Crippen LogP contribution is -2.57. The molecule has 4 heteroatoms. The molecule has 0 bridgehead atoms. The Morgan fingerprint density at radius 3 is 2.82 bits per heavy atom. The number of hydrogen-bond acceptors (Lipinski definition) is 3. The molecule has 17 heavy (non-hydrogen) atoms. The highest BCUT2D eigenvalue weighted by molar-refractivity contribution is 5.73. The van der Waals surface area contributed by atoms with Crippen LogP contribution in [0.3, 0.4) is 0 Å². The molecule has 0 aromatic heterocycles. The van der Waals surface area contributed by atoms with Crippen molar-refractivity contribution in [2.45, 2.75) is 37.8 Å². The Morgan fingerprint density at radius 1 is 1.35 bits per heavy atom. The van der Waals surface area contributed by atoms with Gasteiger partial charge in [-0.2, -0.15) is 0 Å². The van der Waals surface area contributed by atoms with Gasteiger partial charge < -0.3 is 4.74 Å². The Hall–Kier alpha value is -1.55. The second kappa shape index (κ2) is 3.01. The molecule has 0 spiro atoms. The zero-order chi connectivity index (χ0) is 12.3. The van der Waals surface area contributed by atoms with Crippen LogP contribution in [0.25, 0.3) is 0 Å². The fourth-order valence-corrected chi connectivity index (χ4v) is 3.07. The third-order valence-corrected chi connectivity index (χ3v) is 4.43. The average molecular weight is 232 g/mol. The maximum absolute atomic E-state index is 11.7. The number of amides is 1. The molecular formula is C13H16N2O2. The molecule has 90 valence electrons. The third-order valence-electron chi connectivity index (χ3n) is 4.43. The number of ether oxygens (including phenoxy) is 1. The van der Waals surface area contributed by atoms with Crippen molar-refractivity contribution in [1.29, 1.82) is 0 Å². The first kappa shape index (κ1) is 10.6. The summed E-state index contributed by atoms with van der Waals surface area (Å²) in [5, 5.41) is 1.24. The lowest BCUT2D eigenvalue weighted by Gasteiger charge is -2.45. The SMILES string of the molecule is C[C@]12CCc3ccccc3[C@]1(C)N(N)C(=O)O2. The summed E-state index contributed by atoms with van der Waals surface area (Å²) in [5.74, 6) is 5.93. The second-order valence-corrected chi connectivity index (χ2v) is 5.20. The highest BCUT2D eigenvalue weighted by atomic mass is 16.6. The smallest absolute Gasteiger partial charge is 0.425 e. The normalized spacial score (nSPS) is 35.2. The number of carbonyl (C=O) groups is 1. The van der Waals surface area contributed by atoms with Crippen LogP contribution in [-0.4, -0.2) is 16.7 Å². The molecule has 1 amide bonds. The Labute approximate surface area is 100 Å². The van der Waals surface area contributed by atoms with Crippen LogP contribution in [0.1, 0.15) is 31.4 Å². The quantitative estimate of drug-likeness (QED) is 0.549. The Kier molecular flexibility index (Phi) is 1.88. The number of benzene rings is 1. The summed E-state index contributed by atoms with van der Waals surface area (Å²) in [6.45, 7) is 3.95. The number of rotatable bonds is 0. The van der Waals surface area contributed by atoms with Gasteiger partial charge in [-0.3, -0.25) is 0 Å². The zero-order valence-corrected chi connectivity index (χ0v) is 10.1. The number of nitrogens with two attached hydrogens (primary N) is 1. The highest BCUT2D eigenvalue weighted by Gasteiger charge is 2.62. The van der Waals surface area contributed by atoms with Gasteiger partial charge in [0.25, 0.3) is 0 Å². The summed E-state index contributed by atoms with van der Waals surface area (Å²) < 4.78 is 5.49. The zero-order valence-electron chi connectivity index (χ0n) is 10.1. The van der Waals surface area contributed by atoms with E-state index in [1.165, 1.54) is 10.6 Å². The van der Waals surface area contributed by atoms with Gasteiger partial charge in [0.2, 0.25) is 0 Å². The van der Waals surface area contributed by atoms with Gasteiger partial charge in [-0.05, 0) is 37.8 Å².